The third-order valence-electron chi connectivity index (χ3n) is 3.29. The first-order chi connectivity index (χ1) is 8.71. The van der Waals surface area contributed by atoms with Gasteiger partial charge in [0.25, 0.3) is 5.91 Å². The molecule has 0 aromatic carbocycles. The van der Waals surface area contributed by atoms with Gasteiger partial charge in [-0.05, 0) is 32.2 Å². The number of carboxylic acid groups (broad SMARTS) is 1. The highest BCUT2D eigenvalue weighted by Gasteiger charge is 2.56. The van der Waals surface area contributed by atoms with E-state index < -0.39 is 29.0 Å². The molecule has 2 N–H and O–H groups in total. The molecule has 0 aliphatic carbocycles. The number of thiophene rings is 1. The Bertz CT molecular complexity index is 552. The lowest BCUT2D eigenvalue weighted by molar-refractivity contribution is -0.153. The predicted octanol–water partition coefficient (Wildman–Crippen LogP) is 1.38. The molecular weight excluding hydrogens is 268 g/mol. The van der Waals surface area contributed by atoms with Crippen LogP contribution in [-0.2, 0) is 15.1 Å². The van der Waals surface area contributed by atoms with Crippen molar-refractivity contribution in [2.75, 3.05) is 0 Å². The van der Waals surface area contributed by atoms with E-state index in [4.69, 9.17) is 5.11 Å². The molecule has 1 aromatic rings. The number of urea groups is 1. The lowest BCUT2D eigenvalue weighted by Crippen LogP contribution is -2.54. The maximum Gasteiger partial charge on any atom is 0.329 e. The van der Waals surface area contributed by atoms with Crippen LogP contribution < -0.4 is 5.32 Å². The molecule has 0 spiro atoms. The first-order valence-corrected chi connectivity index (χ1v) is 6.53. The molecule has 19 heavy (non-hydrogen) atoms. The molecule has 1 atom stereocenters. The van der Waals surface area contributed by atoms with E-state index in [9.17, 15) is 14.4 Å². The molecule has 0 bridgehead atoms. The zero-order valence-corrected chi connectivity index (χ0v) is 11.6. The summed E-state index contributed by atoms with van der Waals surface area (Å²) in [4.78, 5) is 37.1. The third-order valence-corrected chi connectivity index (χ3v) is 4.38. The van der Waals surface area contributed by atoms with Crippen molar-refractivity contribution in [1.29, 1.82) is 0 Å². The maximum atomic E-state index is 12.5. The topological polar surface area (TPSA) is 86.7 Å². The lowest BCUT2D eigenvalue weighted by atomic mass is 9.97. The van der Waals surface area contributed by atoms with Crippen LogP contribution >= 0.6 is 11.3 Å². The first-order valence-electron chi connectivity index (χ1n) is 5.65. The Morgan fingerprint density at radius 3 is 2.58 bits per heavy atom. The predicted molar refractivity (Wildman–Crippen MR) is 68.8 cm³/mol. The molecule has 7 heteroatoms. The summed E-state index contributed by atoms with van der Waals surface area (Å²) in [5.41, 5.74) is -2.78. The molecular formula is C12H14N2O4S. The van der Waals surface area contributed by atoms with Crippen molar-refractivity contribution in [1.82, 2.24) is 10.2 Å². The highest BCUT2D eigenvalue weighted by Crippen LogP contribution is 2.35. The van der Waals surface area contributed by atoms with Crippen LogP contribution in [0, 0.1) is 0 Å². The Morgan fingerprint density at radius 2 is 2.11 bits per heavy atom. The first kappa shape index (κ1) is 13.5. The highest BCUT2D eigenvalue weighted by atomic mass is 32.1. The van der Waals surface area contributed by atoms with Gasteiger partial charge in [-0.25, -0.2) is 14.5 Å². The second-order valence-corrected chi connectivity index (χ2v) is 5.98. The smallest absolute Gasteiger partial charge is 0.329 e. The summed E-state index contributed by atoms with van der Waals surface area (Å²) in [5, 5.41) is 13.5. The van der Waals surface area contributed by atoms with Gasteiger partial charge in [-0.3, -0.25) is 4.79 Å². The Labute approximate surface area is 114 Å². The molecule has 6 nitrogen and oxygen atoms in total. The summed E-state index contributed by atoms with van der Waals surface area (Å²) in [5.74, 6) is -1.78. The number of nitrogens with zero attached hydrogens (tertiary/aromatic N) is 1. The van der Waals surface area contributed by atoms with E-state index in [0.29, 0.717) is 4.88 Å². The fourth-order valence-electron chi connectivity index (χ4n) is 1.97. The fourth-order valence-corrected chi connectivity index (χ4v) is 2.81. The molecule has 1 unspecified atom stereocenters. The minimum Gasteiger partial charge on any atom is -0.480 e. The molecule has 1 saturated heterocycles. The molecule has 1 aromatic heterocycles. The van der Waals surface area contributed by atoms with Crippen molar-refractivity contribution < 1.29 is 19.5 Å². The average molecular weight is 282 g/mol. The molecule has 2 rings (SSSR count). The van der Waals surface area contributed by atoms with E-state index in [1.165, 1.54) is 25.2 Å². The van der Waals surface area contributed by atoms with Crippen LogP contribution in [0.3, 0.4) is 0 Å². The second kappa shape index (κ2) is 4.06. The standard InChI is InChI=1S/C12H14N2O4S/c1-11(2,9(16)17)14-8(15)12(3,13-10(14)18)7-5-4-6-19-7/h4-6H,1-3H3,(H,13,18)(H,16,17). The highest BCUT2D eigenvalue weighted by molar-refractivity contribution is 7.10. The summed E-state index contributed by atoms with van der Waals surface area (Å²) < 4.78 is 0. The van der Waals surface area contributed by atoms with E-state index >= 15 is 0 Å². The number of nitrogens with one attached hydrogen (secondary N) is 1. The van der Waals surface area contributed by atoms with Crippen LogP contribution in [0.4, 0.5) is 4.79 Å². The summed E-state index contributed by atoms with van der Waals surface area (Å²) >= 11 is 1.34. The van der Waals surface area contributed by atoms with Crippen LogP contribution in [0.15, 0.2) is 17.5 Å². The summed E-state index contributed by atoms with van der Waals surface area (Å²) in [6.07, 6.45) is 0. The van der Waals surface area contributed by atoms with Crippen molar-refractivity contribution in [3.8, 4) is 0 Å². The number of amides is 3. The van der Waals surface area contributed by atoms with Gasteiger partial charge in [0.05, 0.1) is 0 Å². The van der Waals surface area contributed by atoms with Gasteiger partial charge in [0, 0.05) is 4.88 Å². The SMILES string of the molecule is CC1(c2cccs2)NC(=O)N(C(C)(C)C(=O)O)C1=O. The van der Waals surface area contributed by atoms with Gasteiger partial charge in [-0.15, -0.1) is 11.3 Å². The quantitative estimate of drug-likeness (QED) is 0.820. The molecule has 3 amide bonds. The van der Waals surface area contributed by atoms with E-state index in [1.54, 1.807) is 24.4 Å². The fraction of sp³-hybridized carbons (Fsp3) is 0.417. The molecule has 0 radical (unpaired) electrons. The van der Waals surface area contributed by atoms with E-state index in [0.717, 1.165) is 4.90 Å². The van der Waals surface area contributed by atoms with Gasteiger partial charge in [0.1, 0.15) is 5.54 Å². The second-order valence-electron chi connectivity index (χ2n) is 5.04. The molecule has 0 saturated carbocycles. The molecule has 1 fully saturated rings. The van der Waals surface area contributed by atoms with Gasteiger partial charge in [0.2, 0.25) is 0 Å². The van der Waals surface area contributed by atoms with Crippen LogP contribution in [0.2, 0.25) is 0 Å². The van der Waals surface area contributed by atoms with Crippen molar-refractivity contribution in [3.05, 3.63) is 22.4 Å². The largest absolute Gasteiger partial charge is 0.480 e. The van der Waals surface area contributed by atoms with E-state index in [1.807, 2.05) is 0 Å². The number of rotatable bonds is 3. The zero-order valence-electron chi connectivity index (χ0n) is 10.8. The van der Waals surface area contributed by atoms with Crippen LogP contribution in [0.5, 0.6) is 0 Å². The van der Waals surface area contributed by atoms with Crippen LogP contribution in [-0.4, -0.2) is 33.5 Å². The minimum absolute atomic E-state index is 0.549. The number of aliphatic carboxylic acids is 1. The Kier molecular flexibility index (Phi) is 2.89. The number of imide groups is 1. The molecule has 1 aliphatic heterocycles. The summed E-state index contributed by atoms with van der Waals surface area (Å²) in [6, 6.07) is 2.82. The molecule has 102 valence electrons. The van der Waals surface area contributed by atoms with Crippen LogP contribution in [0.25, 0.3) is 0 Å². The van der Waals surface area contributed by atoms with E-state index in [2.05, 4.69) is 5.32 Å². The van der Waals surface area contributed by atoms with Crippen molar-refractivity contribution in [2.45, 2.75) is 31.8 Å². The Hall–Kier alpha value is -1.89. The number of hydrogen-bond acceptors (Lipinski definition) is 4. The molecule has 2 heterocycles. The van der Waals surface area contributed by atoms with Gasteiger partial charge >= 0.3 is 12.0 Å². The van der Waals surface area contributed by atoms with Crippen molar-refractivity contribution in [3.63, 3.8) is 0 Å². The zero-order chi connectivity index (χ0) is 14.4. The normalized spacial score (nSPS) is 23.6. The van der Waals surface area contributed by atoms with E-state index in [-0.39, 0.29) is 0 Å². The summed E-state index contributed by atoms with van der Waals surface area (Å²) in [7, 11) is 0. The number of carbonyl (C=O) groups excluding carboxylic acids is 2. The van der Waals surface area contributed by atoms with Crippen LogP contribution in [0.1, 0.15) is 25.6 Å². The monoisotopic (exact) mass is 282 g/mol. The van der Waals surface area contributed by atoms with Crippen molar-refractivity contribution >= 4 is 29.2 Å². The number of carboxylic acids is 1. The van der Waals surface area contributed by atoms with Gasteiger partial charge in [-0.2, -0.15) is 0 Å². The average Bonchev–Trinajstić information content (AvgIpc) is 2.87. The van der Waals surface area contributed by atoms with Crippen molar-refractivity contribution in [2.24, 2.45) is 0 Å². The Balaban J connectivity index is 2.45. The lowest BCUT2D eigenvalue weighted by Gasteiger charge is -2.29. The van der Waals surface area contributed by atoms with Gasteiger partial charge in [-0.1, -0.05) is 6.07 Å². The van der Waals surface area contributed by atoms with Gasteiger partial charge < -0.3 is 10.4 Å². The number of hydrogen-bond donors (Lipinski definition) is 2. The summed E-state index contributed by atoms with van der Waals surface area (Å²) in [6.45, 7) is 4.23. The Morgan fingerprint density at radius 1 is 1.47 bits per heavy atom. The maximum absolute atomic E-state index is 12.5. The van der Waals surface area contributed by atoms with Gasteiger partial charge in [0.15, 0.2) is 5.54 Å². The minimum atomic E-state index is -1.59. The molecule has 1 aliphatic rings. The number of carbonyl (C=O) groups is 3. The third kappa shape index (κ3) is 1.81.